The van der Waals surface area contributed by atoms with Gasteiger partial charge in [0.05, 0.1) is 5.56 Å². The van der Waals surface area contributed by atoms with E-state index in [9.17, 15) is 14.7 Å². The Morgan fingerprint density at radius 3 is 2.17 bits per heavy atom. The van der Waals surface area contributed by atoms with E-state index in [1.54, 1.807) is 36.0 Å². The van der Waals surface area contributed by atoms with Crippen LogP contribution in [0.5, 0.6) is 5.75 Å². The third-order valence-corrected chi connectivity index (χ3v) is 4.14. The van der Waals surface area contributed by atoms with Gasteiger partial charge in [0.15, 0.2) is 0 Å². The Morgan fingerprint density at radius 1 is 1.09 bits per heavy atom. The molecule has 1 aromatic rings. The van der Waals surface area contributed by atoms with Gasteiger partial charge in [-0.05, 0) is 23.6 Å². The minimum Gasteiger partial charge on any atom is -0.507 e. The van der Waals surface area contributed by atoms with Crippen LogP contribution in [-0.2, 0) is 0 Å². The normalized spacial score (nSPS) is 15.0. The minimum atomic E-state index is -0.179. The van der Waals surface area contributed by atoms with E-state index >= 15 is 0 Å². The van der Waals surface area contributed by atoms with Gasteiger partial charge in [0, 0.05) is 40.3 Å². The summed E-state index contributed by atoms with van der Waals surface area (Å²) in [6, 6.07) is 5.14. The molecule has 2 rings (SSSR count). The molecule has 0 atom stereocenters. The predicted molar refractivity (Wildman–Crippen MR) is 88.8 cm³/mol. The highest BCUT2D eigenvalue weighted by molar-refractivity contribution is 5.97. The van der Waals surface area contributed by atoms with Crippen LogP contribution >= 0.6 is 0 Å². The molecule has 6 heteroatoms. The summed E-state index contributed by atoms with van der Waals surface area (Å²) in [6.45, 7) is 6.06. The molecular weight excluding hydrogens is 294 g/mol. The summed E-state index contributed by atoms with van der Waals surface area (Å²) in [6.07, 6.45) is 0. The van der Waals surface area contributed by atoms with E-state index in [2.05, 4.69) is 0 Å². The monoisotopic (exact) mass is 319 g/mol. The van der Waals surface area contributed by atoms with Gasteiger partial charge in [0.25, 0.3) is 5.91 Å². The minimum absolute atomic E-state index is 0.00574. The largest absolute Gasteiger partial charge is 0.507 e. The lowest BCUT2D eigenvalue weighted by atomic mass is 9.99. The van der Waals surface area contributed by atoms with Gasteiger partial charge in [-0.15, -0.1) is 0 Å². The maximum Gasteiger partial charge on any atom is 0.319 e. The van der Waals surface area contributed by atoms with Crippen molar-refractivity contribution in [3.63, 3.8) is 0 Å². The number of phenolic OH excluding ortho intramolecular Hbond substituents is 1. The summed E-state index contributed by atoms with van der Waals surface area (Å²) in [4.78, 5) is 29.5. The highest BCUT2D eigenvalue weighted by Gasteiger charge is 2.27. The standard InChI is InChI=1S/C17H25N3O3/c1-12(2)13-5-6-15(21)14(11-13)16(22)19-7-9-20(10-8-19)17(23)18(3)4/h5-6,11-12,21H,7-10H2,1-4H3. The van der Waals surface area contributed by atoms with Gasteiger partial charge >= 0.3 is 6.03 Å². The van der Waals surface area contributed by atoms with Gasteiger partial charge in [-0.3, -0.25) is 4.79 Å². The second kappa shape index (κ2) is 6.89. The number of benzene rings is 1. The van der Waals surface area contributed by atoms with Crippen molar-refractivity contribution in [2.24, 2.45) is 0 Å². The molecule has 126 valence electrons. The Balaban J connectivity index is 2.08. The molecule has 0 saturated carbocycles. The lowest BCUT2D eigenvalue weighted by Crippen LogP contribution is -2.52. The third kappa shape index (κ3) is 3.75. The van der Waals surface area contributed by atoms with E-state index in [1.807, 2.05) is 19.9 Å². The summed E-state index contributed by atoms with van der Waals surface area (Å²) in [7, 11) is 3.44. The van der Waals surface area contributed by atoms with Crippen LogP contribution in [0.25, 0.3) is 0 Å². The molecule has 1 aromatic carbocycles. The van der Waals surface area contributed by atoms with Crippen molar-refractivity contribution in [2.75, 3.05) is 40.3 Å². The van der Waals surface area contributed by atoms with E-state index in [0.717, 1.165) is 5.56 Å². The van der Waals surface area contributed by atoms with E-state index < -0.39 is 0 Å². The highest BCUT2D eigenvalue weighted by Crippen LogP contribution is 2.25. The Labute approximate surface area is 137 Å². The van der Waals surface area contributed by atoms with Crippen molar-refractivity contribution in [3.05, 3.63) is 29.3 Å². The van der Waals surface area contributed by atoms with Crippen molar-refractivity contribution < 1.29 is 14.7 Å². The van der Waals surface area contributed by atoms with Crippen molar-refractivity contribution in [3.8, 4) is 5.75 Å². The number of piperazine rings is 1. The maximum atomic E-state index is 12.7. The molecular formula is C17H25N3O3. The second-order valence-corrected chi connectivity index (χ2v) is 6.39. The number of urea groups is 1. The average molecular weight is 319 g/mol. The van der Waals surface area contributed by atoms with Crippen molar-refractivity contribution in [1.82, 2.24) is 14.7 Å². The SMILES string of the molecule is CC(C)c1ccc(O)c(C(=O)N2CCN(C(=O)N(C)C)CC2)c1. The van der Waals surface area contributed by atoms with Gasteiger partial charge in [0.2, 0.25) is 0 Å². The zero-order valence-corrected chi connectivity index (χ0v) is 14.2. The van der Waals surface area contributed by atoms with Gasteiger partial charge in [-0.2, -0.15) is 0 Å². The lowest BCUT2D eigenvalue weighted by molar-refractivity contribution is 0.0647. The van der Waals surface area contributed by atoms with Crippen LogP contribution < -0.4 is 0 Å². The molecule has 6 nitrogen and oxygen atoms in total. The zero-order valence-electron chi connectivity index (χ0n) is 14.2. The first-order chi connectivity index (χ1) is 10.8. The average Bonchev–Trinajstić information content (AvgIpc) is 2.53. The molecule has 0 aromatic heterocycles. The fourth-order valence-electron chi connectivity index (χ4n) is 2.64. The van der Waals surface area contributed by atoms with E-state index in [-0.39, 0.29) is 23.6 Å². The van der Waals surface area contributed by atoms with Crippen LogP contribution in [-0.4, -0.2) is 72.0 Å². The number of carbonyl (C=O) groups is 2. The lowest BCUT2D eigenvalue weighted by Gasteiger charge is -2.36. The molecule has 0 radical (unpaired) electrons. The Kier molecular flexibility index (Phi) is 5.13. The molecule has 0 spiro atoms. The van der Waals surface area contributed by atoms with Crippen molar-refractivity contribution in [1.29, 1.82) is 0 Å². The summed E-state index contributed by atoms with van der Waals surface area (Å²) in [5, 5.41) is 10.0. The van der Waals surface area contributed by atoms with Crippen LogP contribution in [0.2, 0.25) is 0 Å². The number of carbonyl (C=O) groups excluding carboxylic acids is 2. The Bertz CT molecular complexity index is 591. The van der Waals surface area contributed by atoms with Gasteiger partial charge in [-0.1, -0.05) is 19.9 Å². The summed E-state index contributed by atoms with van der Waals surface area (Å²) in [5.74, 6) is 0.116. The molecule has 23 heavy (non-hydrogen) atoms. The number of nitrogens with zero attached hydrogens (tertiary/aromatic N) is 3. The molecule has 0 aliphatic carbocycles. The van der Waals surface area contributed by atoms with Gasteiger partial charge < -0.3 is 19.8 Å². The summed E-state index contributed by atoms with van der Waals surface area (Å²) in [5.41, 5.74) is 1.36. The molecule has 0 unspecified atom stereocenters. The number of aromatic hydroxyl groups is 1. The summed E-state index contributed by atoms with van der Waals surface area (Å²) >= 11 is 0. The quantitative estimate of drug-likeness (QED) is 0.906. The number of amides is 3. The van der Waals surface area contributed by atoms with Crippen molar-refractivity contribution >= 4 is 11.9 Å². The maximum absolute atomic E-state index is 12.7. The predicted octanol–water partition coefficient (Wildman–Crippen LogP) is 1.96. The van der Waals surface area contributed by atoms with Crippen LogP contribution in [0.4, 0.5) is 4.79 Å². The first-order valence-electron chi connectivity index (χ1n) is 7.89. The number of phenols is 1. The van der Waals surface area contributed by atoms with Crippen LogP contribution in [0, 0.1) is 0 Å². The summed E-state index contributed by atoms with van der Waals surface area (Å²) < 4.78 is 0. The van der Waals surface area contributed by atoms with Crippen molar-refractivity contribution in [2.45, 2.75) is 19.8 Å². The van der Waals surface area contributed by atoms with Crippen LogP contribution in [0.15, 0.2) is 18.2 Å². The topological polar surface area (TPSA) is 64.1 Å². The fourth-order valence-corrected chi connectivity index (χ4v) is 2.64. The molecule has 1 heterocycles. The van der Waals surface area contributed by atoms with Crippen LogP contribution in [0.1, 0.15) is 35.7 Å². The molecule has 1 fully saturated rings. The highest BCUT2D eigenvalue weighted by atomic mass is 16.3. The van der Waals surface area contributed by atoms with E-state index in [4.69, 9.17) is 0 Å². The molecule has 1 aliphatic rings. The molecule has 1 aliphatic heterocycles. The second-order valence-electron chi connectivity index (χ2n) is 6.39. The Morgan fingerprint density at radius 2 is 1.65 bits per heavy atom. The van der Waals surface area contributed by atoms with Gasteiger partial charge in [0.1, 0.15) is 5.75 Å². The molecule has 3 amide bonds. The first-order valence-corrected chi connectivity index (χ1v) is 7.89. The number of hydrogen-bond acceptors (Lipinski definition) is 3. The fraction of sp³-hybridized carbons (Fsp3) is 0.529. The molecule has 1 N–H and O–H groups in total. The third-order valence-electron chi connectivity index (χ3n) is 4.14. The molecule has 0 bridgehead atoms. The number of rotatable bonds is 2. The first kappa shape index (κ1) is 17.1. The zero-order chi connectivity index (χ0) is 17.1. The number of hydrogen-bond donors (Lipinski definition) is 1. The van der Waals surface area contributed by atoms with Gasteiger partial charge in [-0.25, -0.2) is 4.79 Å². The smallest absolute Gasteiger partial charge is 0.319 e. The van der Waals surface area contributed by atoms with E-state index in [0.29, 0.717) is 31.7 Å². The Hall–Kier alpha value is -2.24. The molecule has 1 saturated heterocycles. The van der Waals surface area contributed by atoms with Crippen LogP contribution in [0.3, 0.4) is 0 Å². The van der Waals surface area contributed by atoms with E-state index in [1.165, 1.54) is 4.90 Å².